The van der Waals surface area contributed by atoms with Gasteiger partial charge in [0.25, 0.3) is 0 Å². The van der Waals surface area contributed by atoms with Crippen LogP contribution in [0.4, 0.5) is 0 Å². The Hall–Kier alpha value is -0.970. The van der Waals surface area contributed by atoms with Crippen LogP contribution in [-0.2, 0) is 9.59 Å². The van der Waals surface area contributed by atoms with Gasteiger partial charge in [0.1, 0.15) is 6.04 Å². The zero-order valence-corrected chi connectivity index (χ0v) is 13.0. The molecule has 0 aromatic carbocycles. The largest absolute Gasteiger partial charge is 0.354 e. The summed E-state index contributed by atoms with van der Waals surface area (Å²) in [6.45, 7) is 8.53. The molecule has 5 heteroatoms. The lowest BCUT2D eigenvalue weighted by Crippen LogP contribution is -2.49. The van der Waals surface area contributed by atoms with Crippen molar-refractivity contribution in [2.75, 3.05) is 12.3 Å². The van der Waals surface area contributed by atoms with Crippen LogP contribution in [0, 0.1) is 0 Å². The van der Waals surface area contributed by atoms with Crippen LogP contribution >= 0.6 is 11.8 Å². The Labute approximate surface area is 120 Å². The van der Waals surface area contributed by atoms with Crippen molar-refractivity contribution in [1.82, 2.24) is 10.2 Å². The summed E-state index contributed by atoms with van der Waals surface area (Å²) in [5.74, 6) is 0.616. The molecule has 1 aliphatic heterocycles. The molecule has 4 nitrogen and oxygen atoms in total. The molecular formula is C14H24N2O2S. The highest BCUT2D eigenvalue weighted by Crippen LogP contribution is 2.31. The summed E-state index contributed by atoms with van der Waals surface area (Å²) in [5.41, 5.74) is 0.962. The third kappa shape index (κ3) is 4.27. The first kappa shape index (κ1) is 16.1. The van der Waals surface area contributed by atoms with Crippen molar-refractivity contribution in [3.8, 4) is 0 Å². The van der Waals surface area contributed by atoms with Crippen LogP contribution in [0.1, 0.15) is 40.5 Å². The number of carbonyl (C=O) groups excluding carboxylic acids is 2. The van der Waals surface area contributed by atoms with E-state index >= 15 is 0 Å². The van der Waals surface area contributed by atoms with E-state index in [1.165, 1.54) is 0 Å². The third-order valence-corrected chi connectivity index (χ3v) is 4.41. The van der Waals surface area contributed by atoms with Crippen LogP contribution in [0.3, 0.4) is 0 Å². The summed E-state index contributed by atoms with van der Waals surface area (Å²) in [6.07, 6.45) is 3.39. The van der Waals surface area contributed by atoms with Crippen LogP contribution in [0.25, 0.3) is 0 Å². The van der Waals surface area contributed by atoms with Crippen LogP contribution in [0.2, 0.25) is 0 Å². The number of amides is 2. The summed E-state index contributed by atoms with van der Waals surface area (Å²) < 4.78 is 0. The first-order valence-corrected chi connectivity index (χ1v) is 7.92. The van der Waals surface area contributed by atoms with Gasteiger partial charge in [0.2, 0.25) is 11.8 Å². The fraction of sp³-hybridized carbons (Fsp3) is 0.714. The fourth-order valence-electron chi connectivity index (χ4n) is 2.06. The molecule has 108 valence electrons. The smallest absolute Gasteiger partial charge is 0.248 e. The van der Waals surface area contributed by atoms with Crippen molar-refractivity contribution in [2.45, 2.75) is 52.0 Å². The van der Waals surface area contributed by atoms with E-state index in [1.807, 2.05) is 27.7 Å². The van der Waals surface area contributed by atoms with Gasteiger partial charge in [-0.05, 0) is 26.7 Å². The van der Waals surface area contributed by atoms with E-state index < -0.39 is 0 Å². The predicted octanol–water partition coefficient (Wildman–Crippen LogP) is 2.16. The Morgan fingerprint density at radius 1 is 1.37 bits per heavy atom. The topological polar surface area (TPSA) is 49.4 Å². The van der Waals surface area contributed by atoms with Crippen LogP contribution in [0.5, 0.6) is 0 Å². The van der Waals surface area contributed by atoms with Gasteiger partial charge in [0.15, 0.2) is 0 Å². The maximum atomic E-state index is 12.3. The van der Waals surface area contributed by atoms with Gasteiger partial charge in [0, 0.05) is 18.4 Å². The summed E-state index contributed by atoms with van der Waals surface area (Å²) >= 11 is 1.69. The van der Waals surface area contributed by atoms with Crippen molar-refractivity contribution >= 4 is 23.6 Å². The number of nitrogens with one attached hydrogen (secondary N) is 1. The van der Waals surface area contributed by atoms with Crippen molar-refractivity contribution in [3.63, 3.8) is 0 Å². The molecule has 1 rings (SSSR count). The lowest BCUT2D eigenvalue weighted by Gasteiger charge is -2.27. The average Bonchev–Trinajstić information content (AvgIpc) is 2.78. The second kappa shape index (κ2) is 7.58. The zero-order chi connectivity index (χ0) is 14.4. The number of hydrogen-bond acceptors (Lipinski definition) is 3. The van der Waals surface area contributed by atoms with Crippen molar-refractivity contribution in [1.29, 1.82) is 0 Å². The van der Waals surface area contributed by atoms with Crippen LogP contribution in [-0.4, -0.2) is 40.4 Å². The summed E-state index contributed by atoms with van der Waals surface area (Å²) in [7, 11) is 0. The monoisotopic (exact) mass is 284 g/mol. The molecular weight excluding hydrogens is 260 g/mol. The number of rotatable bonds is 5. The van der Waals surface area contributed by atoms with Crippen molar-refractivity contribution < 1.29 is 9.59 Å². The normalized spacial score (nSPS) is 22.2. The van der Waals surface area contributed by atoms with Gasteiger partial charge in [0.05, 0.1) is 5.37 Å². The molecule has 1 saturated heterocycles. The molecule has 0 radical (unpaired) electrons. The highest BCUT2D eigenvalue weighted by atomic mass is 32.2. The molecule has 1 heterocycles. The Morgan fingerprint density at radius 3 is 2.58 bits per heavy atom. The SMILES string of the molecule is CCCNC(=O)C1CSC(CC)N1C(=O)C=C(C)C. The van der Waals surface area contributed by atoms with Crippen molar-refractivity contribution in [3.05, 3.63) is 11.6 Å². The maximum Gasteiger partial charge on any atom is 0.248 e. The Kier molecular flexibility index (Phi) is 6.42. The van der Waals surface area contributed by atoms with E-state index in [1.54, 1.807) is 22.7 Å². The summed E-state index contributed by atoms with van der Waals surface area (Å²) in [4.78, 5) is 26.1. The molecule has 2 amide bonds. The van der Waals surface area contributed by atoms with E-state index in [0.29, 0.717) is 12.3 Å². The first-order chi connectivity index (χ1) is 9.01. The maximum absolute atomic E-state index is 12.3. The van der Waals surface area contributed by atoms with Gasteiger partial charge >= 0.3 is 0 Å². The highest BCUT2D eigenvalue weighted by molar-refractivity contribution is 8.00. The molecule has 0 spiro atoms. The molecule has 2 unspecified atom stereocenters. The molecule has 1 aliphatic rings. The Morgan fingerprint density at radius 2 is 2.05 bits per heavy atom. The van der Waals surface area contributed by atoms with Gasteiger partial charge in [-0.15, -0.1) is 11.8 Å². The number of nitrogens with zero attached hydrogens (tertiary/aromatic N) is 1. The average molecular weight is 284 g/mol. The molecule has 1 N–H and O–H groups in total. The minimum Gasteiger partial charge on any atom is -0.354 e. The first-order valence-electron chi connectivity index (χ1n) is 6.87. The molecule has 0 aromatic heterocycles. The molecule has 0 aliphatic carbocycles. The molecule has 2 atom stereocenters. The number of thioether (sulfide) groups is 1. The Balaban J connectivity index is 2.82. The quantitative estimate of drug-likeness (QED) is 0.787. The lowest BCUT2D eigenvalue weighted by molar-refractivity contribution is -0.136. The number of allylic oxidation sites excluding steroid dienone is 1. The van der Waals surface area contributed by atoms with E-state index in [4.69, 9.17) is 0 Å². The number of hydrogen-bond donors (Lipinski definition) is 1. The van der Waals surface area contributed by atoms with E-state index in [2.05, 4.69) is 5.32 Å². The van der Waals surface area contributed by atoms with E-state index in [0.717, 1.165) is 18.4 Å². The zero-order valence-electron chi connectivity index (χ0n) is 12.2. The molecule has 0 bridgehead atoms. The standard InChI is InChI=1S/C14H24N2O2S/c1-5-7-15-14(18)11-9-19-13(6-2)16(11)12(17)8-10(3)4/h8,11,13H,5-7,9H2,1-4H3,(H,15,18). The van der Waals surface area contributed by atoms with Gasteiger partial charge in [-0.1, -0.05) is 19.4 Å². The number of carbonyl (C=O) groups is 2. The summed E-state index contributed by atoms with van der Waals surface area (Å²) in [6, 6.07) is -0.329. The Bertz CT molecular complexity index is 364. The second-order valence-electron chi connectivity index (χ2n) is 4.97. The van der Waals surface area contributed by atoms with E-state index in [9.17, 15) is 9.59 Å². The third-order valence-electron chi connectivity index (χ3n) is 2.96. The van der Waals surface area contributed by atoms with Crippen LogP contribution < -0.4 is 5.32 Å². The fourth-order valence-corrected chi connectivity index (χ4v) is 3.43. The van der Waals surface area contributed by atoms with Crippen molar-refractivity contribution in [2.24, 2.45) is 0 Å². The summed E-state index contributed by atoms with van der Waals surface area (Å²) in [5, 5.41) is 3.00. The van der Waals surface area contributed by atoms with E-state index in [-0.39, 0.29) is 23.2 Å². The second-order valence-corrected chi connectivity index (χ2v) is 6.18. The predicted molar refractivity (Wildman–Crippen MR) is 79.9 cm³/mol. The molecule has 19 heavy (non-hydrogen) atoms. The molecule has 1 fully saturated rings. The lowest BCUT2D eigenvalue weighted by atomic mass is 10.2. The van der Waals surface area contributed by atoms with Gasteiger partial charge in [-0.2, -0.15) is 0 Å². The van der Waals surface area contributed by atoms with Gasteiger partial charge in [-0.25, -0.2) is 0 Å². The minimum absolute atomic E-state index is 0.0270. The van der Waals surface area contributed by atoms with Gasteiger partial charge in [-0.3, -0.25) is 9.59 Å². The highest BCUT2D eigenvalue weighted by Gasteiger charge is 2.39. The minimum atomic E-state index is -0.329. The van der Waals surface area contributed by atoms with Crippen LogP contribution in [0.15, 0.2) is 11.6 Å². The van der Waals surface area contributed by atoms with Gasteiger partial charge < -0.3 is 10.2 Å². The molecule has 0 saturated carbocycles. The molecule has 0 aromatic rings.